The Bertz CT molecular complexity index is 1300. The van der Waals surface area contributed by atoms with Gasteiger partial charge in [0.1, 0.15) is 17.5 Å². The maximum atomic E-state index is 12.6. The van der Waals surface area contributed by atoms with Crippen molar-refractivity contribution < 1.29 is 19.4 Å². The van der Waals surface area contributed by atoms with E-state index in [-0.39, 0.29) is 6.04 Å². The number of aliphatic carboxylic acids is 1. The van der Waals surface area contributed by atoms with Crippen LogP contribution in [0, 0.1) is 0 Å². The van der Waals surface area contributed by atoms with Crippen LogP contribution >= 0.6 is 0 Å². The highest BCUT2D eigenvalue weighted by Gasteiger charge is 2.38. The Morgan fingerprint density at radius 2 is 1.88 bits per heavy atom. The number of aromatic nitrogens is 1. The van der Waals surface area contributed by atoms with E-state index in [0.717, 1.165) is 57.9 Å². The fraction of sp³-hybridized carbons (Fsp3) is 0.269. The fourth-order valence-corrected chi connectivity index (χ4v) is 5.12. The Labute approximate surface area is 186 Å². The minimum absolute atomic E-state index is 0.00228. The van der Waals surface area contributed by atoms with Crippen molar-refractivity contribution in [1.29, 1.82) is 0 Å². The van der Waals surface area contributed by atoms with E-state index in [0.29, 0.717) is 5.75 Å². The molecule has 2 atom stereocenters. The summed E-state index contributed by atoms with van der Waals surface area (Å²) in [4.78, 5) is 18.0. The van der Waals surface area contributed by atoms with Crippen LogP contribution < -0.4 is 9.47 Å². The van der Waals surface area contributed by atoms with Crippen molar-refractivity contribution in [2.24, 2.45) is 0 Å². The van der Waals surface area contributed by atoms with Gasteiger partial charge in [-0.25, -0.2) is 0 Å². The number of fused-ring (bicyclic) bond motifs is 2. The standard InChI is InChI=1S/C26H26N2O4/c1-31-16-9-11-22-20(14-16)21(15-27-22)25(26(29)30)28-13-5-8-23(28)18-10-12-24(32-2)19-7-4-3-6-17(18)19/h3-4,6-7,9-12,14-15,23,25,27H,5,8,13H2,1-2H3,(H,29,30)/t23-,25+/m1/s1. The number of nitrogens with zero attached hydrogens (tertiary/aromatic N) is 1. The van der Waals surface area contributed by atoms with E-state index in [9.17, 15) is 9.90 Å². The van der Waals surface area contributed by atoms with Crippen molar-refractivity contribution in [3.63, 3.8) is 0 Å². The number of H-pyrrole nitrogens is 1. The number of likely N-dealkylation sites (tertiary alicyclic amines) is 1. The summed E-state index contributed by atoms with van der Waals surface area (Å²) < 4.78 is 10.9. The average Bonchev–Trinajstić information content (AvgIpc) is 3.46. The van der Waals surface area contributed by atoms with Gasteiger partial charge in [0.25, 0.3) is 0 Å². The Morgan fingerprint density at radius 1 is 1.06 bits per heavy atom. The number of benzene rings is 3. The summed E-state index contributed by atoms with van der Waals surface area (Å²) >= 11 is 0. The topological polar surface area (TPSA) is 74.8 Å². The lowest BCUT2D eigenvalue weighted by Crippen LogP contribution is -2.33. The highest BCUT2D eigenvalue weighted by Crippen LogP contribution is 2.44. The molecular weight excluding hydrogens is 404 g/mol. The normalized spacial score (nSPS) is 17.6. The summed E-state index contributed by atoms with van der Waals surface area (Å²) in [5, 5.41) is 13.4. The number of rotatable bonds is 6. The van der Waals surface area contributed by atoms with Gasteiger partial charge in [0.05, 0.1) is 14.2 Å². The van der Waals surface area contributed by atoms with Crippen molar-refractivity contribution in [3.8, 4) is 11.5 Å². The van der Waals surface area contributed by atoms with Crippen LogP contribution in [0.25, 0.3) is 21.7 Å². The number of ether oxygens (including phenoxy) is 2. The summed E-state index contributed by atoms with van der Waals surface area (Å²) in [5.41, 5.74) is 2.80. The van der Waals surface area contributed by atoms with Crippen LogP contribution in [0.5, 0.6) is 11.5 Å². The molecule has 2 heterocycles. The monoisotopic (exact) mass is 430 g/mol. The Kier molecular flexibility index (Phi) is 5.23. The van der Waals surface area contributed by atoms with Gasteiger partial charge in [-0.2, -0.15) is 0 Å². The van der Waals surface area contributed by atoms with Gasteiger partial charge in [0.15, 0.2) is 0 Å². The molecule has 6 nitrogen and oxygen atoms in total. The van der Waals surface area contributed by atoms with Crippen molar-refractivity contribution in [2.75, 3.05) is 20.8 Å². The van der Waals surface area contributed by atoms with E-state index in [2.05, 4.69) is 28.1 Å². The summed E-state index contributed by atoms with van der Waals surface area (Å²) in [6.07, 6.45) is 3.68. The van der Waals surface area contributed by atoms with Crippen LogP contribution in [-0.2, 0) is 4.79 Å². The van der Waals surface area contributed by atoms with E-state index < -0.39 is 12.0 Å². The number of aromatic amines is 1. The van der Waals surface area contributed by atoms with Gasteiger partial charge in [-0.05, 0) is 54.6 Å². The molecule has 1 aliphatic heterocycles. The number of carbonyl (C=O) groups is 1. The van der Waals surface area contributed by atoms with Gasteiger partial charge in [-0.3, -0.25) is 9.69 Å². The molecule has 0 unspecified atom stereocenters. The Hall–Kier alpha value is -3.51. The van der Waals surface area contributed by atoms with Crippen LogP contribution in [0.2, 0.25) is 0 Å². The molecule has 164 valence electrons. The van der Waals surface area contributed by atoms with Crippen molar-refractivity contribution >= 4 is 27.6 Å². The molecular formula is C26H26N2O4. The van der Waals surface area contributed by atoms with Crippen molar-refractivity contribution in [1.82, 2.24) is 9.88 Å². The third-order valence-electron chi connectivity index (χ3n) is 6.57. The molecule has 0 bridgehead atoms. The second kappa shape index (κ2) is 8.20. The number of hydrogen-bond donors (Lipinski definition) is 2. The molecule has 0 spiro atoms. The zero-order valence-corrected chi connectivity index (χ0v) is 18.2. The third-order valence-corrected chi connectivity index (χ3v) is 6.57. The first-order valence-corrected chi connectivity index (χ1v) is 10.8. The molecule has 5 rings (SSSR count). The second-order valence-electron chi connectivity index (χ2n) is 8.19. The molecule has 4 aromatic rings. The lowest BCUT2D eigenvalue weighted by Gasteiger charge is -2.31. The number of hydrogen-bond acceptors (Lipinski definition) is 4. The average molecular weight is 431 g/mol. The molecule has 0 aliphatic carbocycles. The quantitative estimate of drug-likeness (QED) is 0.434. The molecule has 0 saturated carbocycles. The zero-order valence-electron chi connectivity index (χ0n) is 18.2. The molecule has 3 aromatic carbocycles. The predicted octanol–water partition coefficient (Wildman–Crippen LogP) is 5.30. The summed E-state index contributed by atoms with van der Waals surface area (Å²) in [5.74, 6) is 0.687. The first-order valence-electron chi connectivity index (χ1n) is 10.8. The van der Waals surface area contributed by atoms with Gasteiger partial charge in [-0.1, -0.05) is 30.3 Å². The van der Waals surface area contributed by atoms with Crippen LogP contribution in [-0.4, -0.2) is 41.7 Å². The lowest BCUT2D eigenvalue weighted by atomic mass is 9.94. The number of methoxy groups -OCH3 is 2. The molecule has 1 fully saturated rings. The van der Waals surface area contributed by atoms with Gasteiger partial charge in [0, 0.05) is 34.1 Å². The van der Waals surface area contributed by atoms with Crippen molar-refractivity contribution in [2.45, 2.75) is 24.9 Å². The highest BCUT2D eigenvalue weighted by molar-refractivity contribution is 5.92. The molecule has 1 aromatic heterocycles. The van der Waals surface area contributed by atoms with E-state index in [4.69, 9.17) is 9.47 Å². The van der Waals surface area contributed by atoms with Crippen LogP contribution in [0.1, 0.15) is 36.1 Å². The van der Waals surface area contributed by atoms with Crippen molar-refractivity contribution in [3.05, 3.63) is 71.9 Å². The minimum atomic E-state index is -0.849. The smallest absolute Gasteiger partial charge is 0.325 e. The summed E-state index contributed by atoms with van der Waals surface area (Å²) in [6, 6.07) is 17.2. The number of carboxylic acids is 1. The maximum absolute atomic E-state index is 12.6. The van der Waals surface area contributed by atoms with Gasteiger partial charge in [-0.15, -0.1) is 0 Å². The number of carboxylic acid groups (broad SMARTS) is 1. The SMILES string of the molecule is COc1ccc2[nH]cc([C@@H](C(=O)O)N3CCC[C@@H]3c3ccc(OC)c4ccccc34)c2c1. The molecule has 0 amide bonds. The first kappa shape index (κ1) is 20.4. The zero-order chi connectivity index (χ0) is 22.2. The molecule has 2 N–H and O–H groups in total. The predicted molar refractivity (Wildman–Crippen MR) is 124 cm³/mol. The van der Waals surface area contributed by atoms with E-state index in [1.165, 1.54) is 0 Å². The Morgan fingerprint density at radius 3 is 2.62 bits per heavy atom. The molecule has 6 heteroatoms. The molecule has 0 radical (unpaired) electrons. The highest BCUT2D eigenvalue weighted by atomic mass is 16.5. The van der Waals surface area contributed by atoms with E-state index in [1.807, 2.05) is 42.6 Å². The van der Waals surface area contributed by atoms with E-state index in [1.54, 1.807) is 14.2 Å². The van der Waals surface area contributed by atoms with Gasteiger partial charge < -0.3 is 19.6 Å². The molecule has 1 saturated heterocycles. The lowest BCUT2D eigenvalue weighted by molar-refractivity contribution is -0.144. The van der Waals surface area contributed by atoms with Crippen LogP contribution in [0.15, 0.2) is 60.8 Å². The Balaban J connectivity index is 1.62. The molecule has 1 aliphatic rings. The van der Waals surface area contributed by atoms with Crippen LogP contribution in [0.3, 0.4) is 0 Å². The molecule has 32 heavy (non-hydrogen) atoms. The maximum Gasteiger partial charge on any atom is 0.325 e. The summed E-state index contributed by atoms with van der Waals surface area (Å²) in [6.45, 7) is 0.721. The minimum Gasteiger partial charge on any atom is -0.497 e. The van der Waals surface area contributed by atoms with Crippen LogP contribution in [0.4, 0.5) is 0 Å². The van der Waals surface area contributed by atoms with Gasteiger partial charge in [0.2, 0.25) is 0 Å². The summed E-state index contributed by atoms with van der Waals surface area (Å²) in [7, 11) is 3.29. The third kappa shape index (κ3) is 3.28. The van der Waals surface area contributed by atoms with Gasteiger partial charge >= 0.3 is 5.97 Å². The van der Waals surface area contributed by atoms with E-state index >= 15 is 0 Å². The second-order valence-corrected chi connectivity index (χ2v) is 8.19. The first-order chi connectivity index (χ1) is 15.6. The largest absolute Gasteiger partial charge is 0.497 e. The fourth-order valence-electron chi connectivity index (χ4n) is 5.12. The number of nitrogens with one attached hydrogen (secondary N) is 1.